The van der Waals surface area contributed by atoms with Crippen LogP contribution in [0.4, 0.5) is 11.6 Å². The van der Waals surface area contributed by atoms with Crippen LogP contribution in [0.5, 0.6) is 0 Å². The van der Waals surface area contributed by atoms with Crippen molar-refractivity contribution < 1.29 is 0 Å². The monoisotopic (exact) mass is 1030 g/mol. The lowest BCUT2D eigenvalue weighted by Crippen LogP contribution is -3.07. The number of fused-ring (bicyclic) bond motifs is 6. The van der Waals surface area contributed by atoms with Crippen LogP contribution in [-0.2, 0) is 0 Å². The van der Waals surface area contributed by atoms with Gasteiger partial charge in [0.15, 0.2) is 11.6 Å². The number of nitrogens with zero attached hydrogens (tertiary/aromatic N) is 8. The van der Waals surface area contributed by atoms with E-state index in [1.807, 2.05) is 0 Å². The number of rotatable bonds is 10. The molecule has 10 heteroatoms. The van der Waals surface area contributed by atoms with E-state index in [2.05, 4.69) is 309 Å². The highest BCUT2D eigenvalue weighted by atomic mass is 28.5. The second-order valence-electron chi connectivity index (χ2n) is 19.8. The predicted octanol–water partition coefficient (Wildman–Crippen LogP) is 12.6. The maximum absolute atomic E-state index is 5.92. The molecule has 1 fully saturated rings. The summed E-state index contributed by atoms with van der Waals surface area (Å²) in [5, 5.41) is 9.39. The molecule has 0 bridgehead atoms. The van der Waals surface area contributed by atoms with Gasteiger partial charge in [-0.3, -0.25) is 9.13 Å². The summed E-state index contributed by atoms with van der Waals surface area (Å²) in [6.45, 7) is 0. The largest absolute Gasteiger partial charge is 0.362 e. The molecule has 0 atom stereocenters. The second kappa shape index (κ2) is 18.4. The van der Waals surface area contributed by atoms with Gasteiger partial charge < -0.3 is 8.46 Å². The molecule has 15 rings (SSSR count). The molecule has 5 heterocycles. The quantitative estimate of drug-likeness (QED) is 0.127. The van der Waals surface area contributed by atoms with Crippen LogP contribution in [0.15, 0.2) is 291 Å². The lowest BCUT2D eigenvalue weighted by Gasteiger charge is -2.71. The third-order valence-electron chi connectivity index (χ3n) is 15.5. The fourth-order valence-electron chi connectivity index (χ4n) is 12.4. The van der Waals surface area contributed by atoms with E-state index in [0.29, 0.717) is 11.6 Å². The highest BCUT2D eigenvalue weighted by molar-refractivity contribution is 7.38. The molecule has 10 aromatic carbocycles. The first-order valence-electron chi connectivity index (χ1n) is 26.4. The lowest BCUT2D eigenvalue weighted by molar-refractivity contribution is 1.02. The van der Waals surface area contributed by atoms with Crippen LogP contribution in [0.2, 0.25) is 0 Å². The van der Waals surface area contributed by atoms with E-state index >= 15 is 0 Å². The van der Waals surface area contributed by atoms with Crippen molar-refractivity contribution in [2.75, 3.05) is 8.46 Å². The van der Waals surface area contributed by atoms with Crippen molar-refractivity contribution in [3.63, 3.8) is 0 Å². The molecule has 14 aromatic rings. The number of hydrogen-bond donors (Lipinski definition) is 0. The summed E-state index contributed by atoms with van der Waals surface area (Å²) >= 11 is 0. The van der Waals surface area contributed by atoms with Crippen LogP contribution >= 0.6 is 0 Å². The summed E-state index contributed by atoms with van der Waals surface area (Å²) in [5.41, 5.74) is 6.15. The normalized spacial score (nSPS) is 13.8. The van der Waals surface area contributed by atoms with E-state index in [1.165, 1.54) is 20.7 Å². The molecule has 368 valence electrons. The average Bonchev–Trinajstić information content (AvgIpc) is 3.19. The number of aromatic nitrogens is 6. The fraction of sp³-hybridized carbons (Fsp3) is 0. The van der Waals surface area contributed by atoms with E-state index in [0.717, 1.165) is 78.0 Å². The van der Waals surface area contributed by atoms with Crippen molar-refractivity contribution in [3.05, 3.63) is 291 Å². The number of benzene rings is 10. The van der Waals surface area contributed by atoms with Crippen LogP contribution in [0.1, 0.15) is 0 Å². The topological polar surface area (TPSA) is 67.9 Å². The number of para-hydroxylation sites is 4. The zero-order chi connectivity index (χ0) is 51.6. The van der Waals surface area contributed by atoms with Crippen LogP contribution in [0, 0.1) is 0 Å². The Morgan fingerprint density at radius 1 is 0.231 bits per heavy atom. The Balaban J connectivity index is 1.12. The first-order valence-corrected chi connectivity index (χ1v) is 30.2. The van der Waals surface area contributed by atoms with E-state index in [-0.39, 0.29) is 0 Å². The zero-order valence-corrected chi connectivity index (χ0v) is 44.3. The minimum atomic E-state index is -3.69. The van der Waals surface area contributed by atoms with Gasteiger partial charge in [-0.05, 0) is 45.0 Å². The van der Waals surface area contributed by atoms with Gasteiger partial charge in [0, 0.05) is 44.8 Å². The molecule has 1 aliphatic heterocycles. The molecule has 1 saturated heterocycles. The molecule has 0 N–H and O–H groups in total. The van der Waals surface area contributed by atoms with E-state index < -0.39 is 16.8 Å². The van der Waals surface area contributed by atoms with Crippen molar-refractivity contribution >= 4 is 92.8 Å². The Morgan fingerprint density at radius 3 is 0.744 bits per heavy atom. The smallest absolute Gasteiger partial charge is 0.320 e. The maximum atomic E-state index is 5.92. The van der Waals surface area contributed by atoms with Crippen molar-refractivity contribution in [1.82, 2.24) is 29.1 Å². The average molecular weight is 1030 g/mol. The highest BCUT2D eigenvalue weighted by Gasteiger charge is 2.76. The number of anilines is 2. The maximum Gasteiger partial charge on any atom is 0.320 e. The first kappa shape index (κ1) is 45.4. The van der Waals surface area contributed by atoms with Crippen LogP contribution < -0.4 is 29.2 Å². The third-order valence-corrected chi connectivity index (χ3v) is 27.5. The first-order chi connectivity index (χ1) is 38.7. The lowest BCUT2D eigenvalue weighted by atomic mass is 10.2. The van der Waals surface area contributed by atoms with Crippen molar-refractivity contribution in [2.45, 2.75) is 0 Å². The summed E-state index contributed by atoms with van der Waals surface area (Å²) in [5.74, 6) is 4.50. The molecular weight excluding hydrogens is 985 g/mol. The van der Waals surface area contributed by atoms with E-state index in [9.17, 15) is 0 Å². The van der Waals surface area contributed by atoms with Gasteiger partial charge in [-0.1, -0.05) is 255 Å². The summed E-state index contributed by atoms with van der Waals surface area (Å²) in [6, 6.07) is 105. The van der Waals surface area contributed by atoms with E-state index in [1.54, 1.807) is 0 Å². The van der Waals surface area contributed by atoms with Gasteiger partial charge in [-0.2, -0.15) is 0 Å². The van der Waals surface area contributed by atoms with Crippen molar-refractivity contribution in [1.29, 1.82) is 0 Å². The second-order valence-corrected chi connectivity index (χ2v) is 27.4. The van der Waals surface area contributed by atoms with Crippen molar-refractivity contribution in [2.24, 2.45) is 0 Å². The van der Waals surface area contributed by atoms with Crippen molar-refractivity contribution in [3.8, 4) is 34.4 Å². The molecule has 4 aromatic heterocycles. The molecule has 1 aliphatic rings. The zero-order valence-electron chi connectivity index (χ0n) is 42.3. The van der Waals surface area contributed by atoms with Gasteiger partial charge in [0.1, 0.15) is 23.3 Å². The molecular formula is C68H48N8Si2. The molecule has 0 saturated carbocycles. The summed E-state index contributed by atoms with van der Waals surface area (Å²) < 4.78 is 10.3. The van der Waals surface area contributed by atoms with Gasteiger partial charge in [0.25, 0.3) is 0 Å². The summed E-state index contributed by atoms with van der Waals surface area (Å²) in [4.78, 5) is 23.0. The molecule has 0 aliphatic carbocycles. The Morgan fingerprint density at radius 2 is 0.462 bits per heavy atom. The molecule has 0 amide bonds. The molecule has 0 radical (unpaired) electrons. The Bertz CT molecular complexity index is 4030. The molecule has 78 heavy (non-hydrogen) atoms. The number of hydrogen-bond acceptors (Lipinski definition) is 6. The van der Waals surface area contributed by atoms with Gasteiger partial charge in [-0.25, -0.2) is 19.9 Å². The van der Waals surface area contributed by atoms with E-state index in [4.69, 9.17) is 19.9 Å². The SMILES string of the molecule is c1ccc(-c2nc(N3[Si](c4ccccc4)(c4ccccc4)N(c4cc(-n5c6ccccc6c6ccccc65)nc(-c5ccccc5)n4)[Si]3(c3ccccc3)c3ccccc3)cc(-n3c4ccccc4c4ccccc43)n2)cc1. The Kier molecular flexibility index (Phi) is 10.7. The van der Waals surface area contributed by atoms with Gasteiger partial charge in [0.2, 0.25) is 0 Å². The van der Waals surface area contributed by atoms with Gasteiger partial charge >= 0.3 is 16.8 Å². The van der Waals surface area contributed by atoms with Crippen LogP contribution in [0.25, 0.3) is 78.0 Å². The third kappa shape index (κ3) is 6.83. The van der Waals surface area contributed by atoms with Crippen LogP contribution in [-0.4, -0.2) is 45.9 Å². The molecule has 8 nitrogen and oxygen atoms in total. The Labute approximate surface area is 453 Å². The predicted molar refractivity (Wildman–Crippen MR) is 324 cm³/mol. The molecule has 0 unspecified atom stereocenters. The minimum Gasteiger partial charge on any atom is -0.362 e. The van der Waals surface area contributed by atoms with Crippen LogP contribution in [0.3, 0.4) is 0 Å². The molecule has 0 spiro atoms. The standard InChI is InChI=1S/C68H48N8Si2/c1-7-27-49(28-8-1)67-69-63(73-59-43-23-19-39-55(59)56-40-20-24-44-60(56)73)47-65(71-67)75-77(51-31-11-3-12-32-51,52-33-13-4-14-34-52)76(78(75,53-35-15-5-16-36-53)54-37-17-6-18-38-54)66-48-64(70-68(72-66)50-29-9-2-10-30-50)74-61-45-25-21-41-57(61)58-42-22-26-46-62(58)74/h1-48H. The summed E-state index contributed by atoms with van der Waals surface area (Å²) in [7, 11) is -7.37. The summed E-state index contributed by atoms with van der Waals surface area (Å²) in [6.07, 6.45) is 0. The minimum absolute atomic E-state index is 0.638. The fourth-order valence-corrected chi connectivity index (χ4v) is 27.3. The van der Waals surface area contributed by atoms with Gasteiger partial charge in [-0.15, -0.1) is 0 Å². The Hall–Kier alpha value is -10.0. The highest BCUT2D eigenvalue weighted by Crippen LogP contribution is 2.47. The van der Waals surface area contributed by atoms with Gasteiger partial charge in [0.05, 0.1) is 22.1 Å².